The van der Waals surface area contributed by atoms with Crippen LogP contribution in [0, 0.1) is 6.92 Å². The zero-order valence-electron chi connectivity index (χ0n) is 21.3. The Morgan fingerprint density at radius 2 is 2.03 bits per heavy atom. The second-order valence-electron chi connectivity index (χ2n) is 9.05. The van der Waals surface area contributed by atoms with Crippen molar-refractivity contribution in [3.63, 3.8) is 0 Å². The van der Waals surface area contributed by atoms with E-state index >= 15 is 0 Å². The maximum Gasteiger partial charge on any atom is 0.306 e. The molecule has 196 valence electrons. The van der Waals surface area contributed by atoms with E-state index in [2.05, 4.69) is 4.98 Å². The summed E-state index contributed by atoms with van der Waals surface area (Å²) in [6, 6.07) is 11.0. The summed E-state index contributed by atoms with van der Waals surface area (Å²) in [4.78, 5) is 29.7. The average molecular weight is 543 g/mol. The molecule has 0 amide bonds. The largest absolute Gasteiger partial charge is 0.488 e. The second kappa shape index (κ2) is 11.1. The number of benzene rings is 1. The van der Waals surface area contributed by atoms with Gasteiger partial charge >= 0.3 is 5.97 Å². The van der Waals surface area contributed by atoms with Crippen molar-refractivity contribution in [3.05, 3.63) is 75.2 Å². The highest BCUT2D eigenvalue weighted by molar-refractivity contribution is 7.89. The van der Waals surface area contributed by atoms with E-state index in [0.717, 1.165) is 21.6 Å². The minimum atomic E-state index is -3.86. The lowest BCUT2D eigenvalue weighted by Gasteiger charge is -2.24. The van der Waals surface area contributed by atoms with Gasteiger partial charge in [0.25, 0.3) is 0 Å². The van der Waals surface area contributed by atoms with Crippen LogP contribution in [0.3, 0.4) is 0 Å². The Balaban J connectivity index is 1.73. The molecule has 0 saturated carbocycles. The predicted octanol–water partition coefficient (Wildman–Crippen LogP) is 4.71. The first-order valence-electron chi connectivity index (χ1n) is 12.0. The third kappa shape index (κ3) is 5.76. The fraction of sp³-hybridized carbons (Fsp3) is 0.370. The molecule has 1 aliphatic heterocycles. The number of ether oxygens (including phenoxy) is 2. The number of sulfonamides is 1. The summed E-state index contributed by atoms with van der Waals surface area (Å²) < 4.78 is 39.6. The molecule has 3 heterocycles. The molecule has 0 fully saturated rings. The average Bonchev–Trinajstić information content (AvgIpc) is 3.34. The summed E-state index contributed by atoms with van der Waals surface area (Å²) in [6.07, 6.45) is 3.29. The first kappa shape index (κ1) is 27.0. The summed E-state index contributed by atoms with van der Waals surface area (Å²) in [5.74, 6) is -0.423. The maximum atomic E-state index is 13.6. The number of carbonyl (C=O) groups is 2. The Hall–Kier alpha value is -3.08. The van der Waals surface area contributed by atoms with Crippen LogP contribution >= 0.6 is 11.3 Å². The molecule has 1 aliphatic rings. The van der Waals surface area contributed by atoms with Gasteiger partial charge in [-0.3, -0.25) is 14.6 Å². The number of hydrogen-bond acceptors (Lipinski definition) is 8. The van der Waals surface area contributed by atoms with E-state index in [-0.39, 0.29) is 48.2 Å². The van der Waals surface area contributed by atoms with Crippen LogP contribution in [0.15, 0.2) is 53.7 Å². The number of Topliss-reactive ketones (excluding diaryl/α,β-unsaturated/α-hetero) is 1. The molecule has 0 radical (unpaired) electrons. The summed E-state index contributed by atoms with van der Waals surface area (Å²) in [5, 5.41) is 0. The van der Waals surface area contributed by atoms with Crippen LogP contribution in [0.2, 0.25) is 0 Å². The molecule has 8 nitrogen and oxygen atoms in total. The Morgan fingerprint density at radius 1 is 1.24 bits per heavy atom. The quantitative estimate of drug-likeness (QED) is 0.300. The number of hydrogen-bond donors (Lipinski definition) is 0. The highest BCUT2D eigenvalue weighted by Gasteiger charge is 2.35. The smallest absolute Gasteiger partial charge is 0.306 e. The van der Waals surface area contributed by atoms with E-state index < -0.39 is 10.0 Å². The molecule has 10 heteroatoms. The maximum absolute atomic E-state index is 13.6. The third-order valence-electron chi connectivity index (χ3n) is 6.56. The van der Waals surface area contributed by atoms with Crippen molar-refractivity contribution in [1.29, 1.82) is 0 Å². The van der Waals surface area contributed by atoms with Gasteiger partial charge in [0.1, 0.15) is 16.7 Å². The number of rotatable bonds is 8. The molecule has 2 aromatic heterocycles. The molecular formula is C27H30N2O6S2. The van der Waals surface area contributed by atoms with Gasteiger partial charge in [-0.25, -0.2) is 8.42 Å². The number of pyridine rings is 1. The van der Waals surface area contributed by atoms with Crippen LogP contribution in [0.5, 0.6) is 5.75 Å². The molecule has 2 atom stereocenters. The van der Waals surface area contributed by atoms with Crippen molar-refractivity contribution in [3.8, 4) is 5.75 Å². The topological polar surface area (TPSA) is 103 Å². The first-order valence-corrected chi connectivity index (χ1v) is 14.3. The minimum Gasteiger partial charge on any atom is -0.488 e. The van der Waals surface area contributed by atoms with Crippen LogP contribution in [0.1, 0.15) is 63.8 Å². The van der Waals surface area contributed by atoms with Crippen molar-refractivity contribution in [2.24, 2.45) is 0 Å². The summed E-state index contributed by atoms with van der Waals surface area (Å²) in [5.41, 5.74) is 2.60. The lowest BCUT2D eigenvalue weighted by atomic mass is 9.91. The van der Waals surface area contributed by atoms with Crippen LogP contribution < -0.4 is 4.74 Å². The lowest BCUT2D eigenvalue weighted by Crippen LogP contribution is -2.36. The van der Waals surface area contributed by atoms with E-state index in [9.17, 15) is 18.0 Å². The van der Waals surface area contributed by atoms with Crippen molar-refractivity contribution in [2.75, 3.05) is 13.7 Å². The molecule has 0 N–H and O–H groups in total. The summed E-state index contributed by atoms with van der Waals surface area (Å²) >= 11 is 1.35. The van der Waals surface area contributed by atoms with Gasteiger partial charge in [0.05, 0.1) is 31.1 Å². The third-order valence-corrected chi connectivity index (χ3v) is 9.68. The van der Waals surface area contributed by atoms with Gasteiger partial charge in [0.15, 0.2) is 5.78 Å². The number of carbonyl (C=O) groups excluding carboxylic acids is 2. The van der Waals surface area contributed by atoms with Crippen molar-refractivity contribution >= 4 is 33.1 Å². The Morgan fingerprint density at radius 3 is 2.70 bits per heavy atom. The Labute approximate surface area is 221 Å². The van der Waals surface area contributed by atoms with Crippen LogP contribution in [0.25, 0.3) is 0 Å². The van der Waals surface area contributed by atoms with Crippen molar-refractivity contribution in [1.82, 2.24) is 9.29 Å². The SMILES string of the molecule is CC[C@@H]1CN(Cc2cc(C(CC(=O)OC)c3ccc(C(C)=O)s3)ccc2C)S(=O)(=O)c2cnccc2O1. The molecule has 1 unspecified atom stereocenters. The zero-order chi connectivity index (χ0) is 26.7. The van der Waals surface area contributed by atoms with Gasteiger partial charge in [-0.2, -0.15) is 4.31 Å². The summed E-state index contributed by atoms with van der Waals surface area (Å²) in [6.45, 7) is 5.75. The Kier molecular flexibility index (Phi) is 8.11. The van der Waals surface area contributed by atoms with E-state index in [1.165, 1.54) is 42.1 Å². The number of methoxy groups -OCH3 is 1. The molecular weight excluding hydrogens is 512 g/mol. The predicted molar refractivity (Wildman–Crippen MR) is 141 cm³/mol. The molecule has 0 bridgehead atoms. The van der Waals surface area contributed by atoms with Gasteiger partial charge in [-0.15, -0.1) is 11.3 Å². The normalized spacial score (nSPS) is 17.8. The Bertz CT molecular complexity index is 1420. The molecule has 0 saturated heterocycles. The number of nitrogens with zero attached hydrogens (tertiary/aromatic N) is 2. The second-order valence-corrected chi connectivity index (χ2v) is 12.1. The first-order chi connectivity index (χ1) is 17.6. The number of aromatic nitrogens is 1. The number of esters is 1. The fourth-order valence-corrected chi connectivity index (χ4v) is 6.88. The number of thiophene rings is 1. The van der Waals surface area contributed by atoms with Gasteiger partial charge in [-0.05, 0) is 55.2 Å². The van der Waals surface area contributed by atoms with E-state index in [1.807, 2.05) is 38.1 Å². The fourth-order valence-electron chi connectivity index (χ4n) is 4.33. The number of ketones is 1. The lowest BCUT2D eigenvalue weighted by molar-refractivity contribution is -0.140. The molecule has 0 aliphatic carbocycles. The molecule has 4 rings (SSSR count). The standard InChI is InChI=1S/C27H30N2O6S2/c1-5-21-16-29(37(32,33)26-14-28-11-10-23(26)35-21)15-20-12-19(7-6-17(20)2)22(13-27(31)34-4)25-9-8-24(36-25)18(3)30/h6-12,14,21-22H,5,13,15-16H2,1-4H3/t21-,22?/m1/s1. The van der Waals surface area contributed by atoms with Gasteiger partial charge < -0.3 is 9.47 Å². The summed E-state index contributed by atoms with van der Waals surface area (Å²) in [7, 11) is -2.51. The molecule has 1 aromatic carbocycles. The molecule has 3 aromatic rings. The van der Waals surface area contributed by atoms with E-state index in [0.29, 0.717) is 17.0 Å². The van der Waals surface area contributed by atoms with Gasteiger partial charge in [0, 0.05) is 23.5 Å². The number of fused-ring (bicyclic) bond motifs is 1. The monoisotopic (exact) mass is 542 g/mol. The van der Waals surface area contributed by atoms with Crippen LogP contribution in [0.4, 0.5) is 0 Å². The highest BCUT2D eigenvalue weighted by atomic mass is 32.2. The number of aryl methyl sites for hydroxylation is 1. The van der Waals surface area contributed by atoms with Gasteiger partial charge in [-0.1, -0.05) is 25.1 Å². The van der Waals surface area contributed by atoms with Crippen LogP contribution in [-0.4, -0.2) is 49.2 Å². The van der Waals surface area contributed by atoms with Crippen molar-refractivity contribution < 1.29 is 27.5 Å². The van der Waals surface area contributed by atoms with Gasteiger partial charge in [0.2, 0.25) is 10.0 Å². The van der Waals surface area contributed by atoms with E-state index in [4.69, 9.17) is 9.47 Å². The minimum absolute atomic E-state index is 0.0356. The van der Waals surface area contributed by atoms with Crippen LogP contribution in [-0.2, 0) is 26.1 Å². The molecule has 0 spiro atoms. The zero-order valence-corrected chi connectivity index (χ0v) is 22.9. The van der Waals surface area contributed by atoms with E-state index in [1.54, 1.807) is 12.1 Å². The molecule has 37 heavy (non-hydrogen) atoms. The highest BCUT2D eigenvalue weighted by Crippen LogP contribution is 2.36. The van der Waals surface area contributed by atoms with Crippen molar-refractivity contribution in [2.45, 2.75) is 57.1 Å².